The van der Waals surface area contributed by atoms with Crippen LogP contribution in [0.5, 0.6) is 0 Å². The molecular weight excluding hydrogens is 282 g/mol. The van der Waals surface area contributed by atoms with Crippen molar-refractivity contribution in [3.63, 3.8) is 0 Å². The number of likely N-dealkylation sites (N-methyl/N-ethyl adjacent to an activating group) is 1. The summed E-state index contributed by atoms with van der Waals surface area (Å²) in [6.45, 7) is 4.50. The molecule has 0 saturated heterocycles. The van der Waals surface area contributed by atoms with Crippen molar-refractivity contribution in [3.05, 3.63) is 70.2 Å². The summed E-state index contributed by atoms with van der Waals surface area (Å²) in [5.41, 5.74) is 3.07. The van der Waals surface area contributed by atoms with Gasteiger partial charge in [-0.2, -0.15) is 0 Å². The number of ketones is 1. The number of hydrogen-bond acceptors (Lipinski definition) is 2. The first-order valence-corrected chi connectivity index (χ1v) is 7.41. The van der Waals surface area contributed by atoms with E-state index in [4.69, 9.17) is 11.6 Å². The zero-order chi connectivity index (χ0) is 15.4. The fourth-order valence-electron chi connectivity index (χ4n) is 2.19. The fraction of sp³-hybridized carbons (Fsp3) is 0.278. The molecule has 21 heavy (non-hydrogen) atoms. The van der Waals surface area contributed by atoms with Gasteiger partial charge in [-0.1, -0.05) is 53.6 Å². The molecule has 1 unspecified atom stereocenters. The molecule has 0 amide bonds. The summed E-state index contributed by atoms with van der Waals surface area (Å²) < 4.78 is 0. The number of aryl methyl sites for hydroxylation is 1. The lowest BCUT2D eigenvalue weighted by Crippen LogP contribution is -2.28. The Hall–Kier alpha value is -1.64. The van der Waals surface area contributed by atoms with Gasteiger partial charge in [-0.25, -0.2) is 0 Å². The number of rotatable bonds is 5. The third-order valence-corrected chi connectivity index (χ3v) is 4.03. The van der Waals surface area contributed by atoms with E-state index in [0.717, 1.165) is 21.7 Å². The van der Waals surface area contributed by atoms with Gasteiger partial charge in [0.05, 0.1) is 6.54 Å². The molecule has 0 N–H and O–H groups in total. The summed E-state index contributed by atoms with van der Waals surface area (Å²) in [5.74, 6) is 0.137. The highest BCUT2D eigenvalue weighted by atomic mass is 35.5. The smallest absolute Gasteiger partial charge is 0.176 e. The number of benzene rings is 2. The molecule has 1 atom stereocenters. The largest absolute Gasteiger partial charge is 0.293 e. The first-order valence-electron chi connectivity index (χ1n) is 7.03. The number of hydrogen-bond donors (Lipinski definition) is 0. The molecule has 110 valence electrons. The predicted molar refractivity (Wildman–Crippen MR) is 88.0 cm³/mol. The third kappa shape index (κ3) is 4.16. The lowest BCUT2D eigenvalue weighted by Gasteiger charge is -2.24. The van der Waals surface area contributed by atoms with E-state index in [1.165, 1.54) is 0 Å². The molecule has 0 saturated carbocycles. The quantitative estimate of drug-likeness (QED) is 0.757. The average molecular weight is 302 g/mol. The van der Waals surface area contributed by atoms with Crippen molar-refractivity contribution in [2.24, 2.45) is 0 Å². The first-order chi connectivity index (χ1) is 9.97. The van der Waals surface area contributed by atoms with Crippen LogP contribution in [-0.4, -0.2) is 24.3 Å². The summed E-state index contributed by atoms with van der Waals surface area (Å²) in [7, 11) is 1.96. The molecule has 0 aromatic heterocycles. The molecule has 0 fully saturated rings. The number of carbonyl (C=O) groups excluding carboxylic acids is 1. The van der Waals surface area contributed by atoms with Crippen molar-refractivity contribution in [2.75, 3.05) is 13.6 Å². The molecule has 3 heteroatoms. The van der Waals surface area contributed by atoms with E-state index < -0.39 is 0 Å². The minimum atomic E-state index is 0.137. The second-order valence-electron chi connectivity index (χ2n) is 5.43. The molecule has 0 bridgehead atoms. The summed E-state index contributed by atoms with van der Waals surface area (Å²) in [6, 6.07) is 15.6. The minimum Gasteiger partial charge on any atom is -0.293 e. The SMILES string of the molecule is Cc1ccc(C(=O)CN(C)C(C)c2ccc(Cl)cc2)cc1. The monoisotopic (exact) mass is 301 g/mol. The molecule has 0 heterocycles. The van der Waals surface area contributed by atoms with E-state index >= 15 is 0 Å². The van der Waals surface area contributed by atoms with Crippen LogP contribution in [-0.2, 0) is 0 Å². The number of halogens is 1. The Balaban J connectivity index is 2.03. The normalized spacial score (nSPS) is 12.4. The van der Waals surface area contributed by atoms with Crippen molar-refractivity contribution >= 4 is 17.4 Å². The molecule has 2 rings (SSSR count). The minimum absolute atomic E-state index is 0.137. The summed E-state index contributed by atoms with van der Waals surface area (Å²) in [5, 5.41) is 0.726. The lowest BCUT2D eigenvalue weighted by atomic mass is 10.1. The topological polar surface area (TPSA) is 20.3 Å². The van der Waals surface area contributed by atoms with Gasteiger partial charge >= 0.3 is 0 Å². The molecule has 2 aromatic carbocycles. The summed E-state index contributed by atoms with van der Waals surface area (Å²) in [4.78, 5) is 14.3. The van der Waals surface area contributed by atoms with Crippen LogP contribution in [0.15, 0.2) is 48.5 Å². The van der Waals surface area contributed by atoms with Gasteiger partial charge in [0.15, 0.2) is 5.78 Å². The first kappa shape index (κ1) is 15.7. The Morgan fingerprint density at radius 2 is 1.67 bits per heavy atom. The van der Waals surface area contributed by atoms with Crippen LogP contribution >= 0.6 is 11.6 Å². The highest BCUT2D eigenvalue weighted by Crippen LogP contribution is 2.21. The van der Waals surface area contributed by atoms with Crippen LogP contribution < -0.4 is 0 Å². The molecule has 2 aromatic rings. The van der Waals surface area contributed by atoms with Gasteiger partial charge in [0, 0.05) is 16.6 Å². The Labute approximate surface area is 131 Å². The summed E-state index contributed by atoms with van der Waals surface area (Å²) in [6.07, 6.45) is 0. The third-order valence-electron chi connectivity index (χ3n) is 3.78. The van der Waals surface area contributed by atoms with E-state index in [-0.39, 0.29) is 11.8 Å². The lowest BCUT2D eigenvalue weighted by molar-refractivity contribution is 0.0925. The maximum atomic E-state index is 12.3. The van der Waals surface area contributed by atoms with Crippen LogP contribution in [0, 0.1) is 6.92 Å². The van der Waals surface area contributed by atoms with Gasteiger partial charge in [-0.15, -0.1) is 0 Å². The zero-order valence-corrected chi connectivity index (χ0v) is 13.4. The van der Waals surface area contributed by atoms with Gasteiger partial charge in [0.2, 0.25) is 0 Å². The highest BCUT2D eigenvalue weighted by Gasteiger charge is 2.15. The van der Waals surface area contributed by atoms with E-state index in [2.05, 4.69) is 6.92 Å². The van der Waals surface area contributed by atoms with Gasteiger partial charge in [-0.3, -0.25) is 9.69 Å². The predicted octanol–water partition coefficient (Wildman–Crippen LogP) is 4.52. The summed E-state index contributed by atoms with van der Waals surface area (Å²) >= 11 is 5.91. The van der Waals surface area contributed by atoms with E-state index in [1.807, 2.05) is 67.4 Å². The number of nitrogens with zero attached hydrogens (tertiary/aromatic N) is 1. The zero-order valence-electron chi connectivity index (χ0n) is 12.6. The maximum absolute atomic E-state index is 12.3. The van der Waals surface area contributed by atoms with Crippen LogP contribution in [0.25, 0.3) is 0 Å². The van der Waals surface area contributed by atoms with Crippen molar-refractivity contribution < 1.29 is 4.79 Å². The van der Waals surface area contributed by atoms with E-state index in [1.54, 1.807) is 0 Å². The van der Waals surface area contributed by atoms with Crippen molar-refractivity contribution in [1.82, 2.24) is 4.90 Å². The maximum Gasteiger partial charge on any atom is 0.176 e. The second-order valence-corrected chi connectivity index (χ2v) is 5.87. The van der Waals surface area contributed by atoms with Gasteiger partial charge in [0.25, 0.3) is 0 Å². The fourth-order valence-corrected chi connectivity index (χ4v) is 2.32. The van der Waals surface area contributed by atoms with Gasteiger partial charge in [0.1, 0.15) is 0 Å². The molecule has 2 nitrogen and oxygen atoms in total. The van der Waals surface area contributed by atoms with Crippen LogP contribution in [0.3, 0.4) is 0 Å². The van der Waals surface area contributed by atoms with Crippen LogP contribution in [0.1, 0.15) is 34.5 Å². The molecule has 0 radical (unpaired) electrons. The Morgan fingerprint density at radius 3 is 2.24 bits per heavy atom. The average Bonchev–Trinajstić information content (AvgIpc) is 2.47. The van der Waals surface area contributed by atoms with Gasteiger partial charge < -0.3 is 0 Å². The Morgan fingerprint density at radius 1 is 1.10 bits per heavy atom. The Bertz CT molecular complexity index is 604. The van der Waals surface area contributed by atoms with E-state index in [9.17, 15) is 4.79 Å². The highest BCUT2D eigenvalue weighted by molar-refractivity contribution is 6.30. The molecule has 0 aliphatic rings. The number of carbonyl (C=O) groups is 1. The van der Waals surface area contributed by atoms with Gasteiger partial charge in [-0.05, 0) is 38.6 Å². The van der Waals surface area contributed by atoms with Crippen LogP contribution in [0.4, 0.5) is 0 Å². The van der Waals surface area contributed by atoms with E-state index in [0.29, 0.717) is 6.54 Å². The van der Waals surface area contributed by atoms with Crippen LogP contribution in [0.2, 0.25) is 5.02 Å². The molecule has 0 aliphatic heterocycles. The van der Waals surface area contributed by atoms with Crippen molar-refractivity contribution in [3.8, 4) is 0 Å². The second kappa shape index (κ2) is 6.88. The molecule has 0 aliphatic carbocycles. The standard InChI is InChI=1S/C18H20ClNO/c1-13-4-6-16(7-5-13)18(21)12-20(3)14(2)15-8-10-17(19)11-9-15/h4-11,14H,12H2,1-3H3. The number of Topliss-reactive ketones (excluding diaryl/α,β-unsaturated/α-hetero) is 1. The molecule has 0 spiro atoms. The van der Waals surface area contributed by atoms with Crippen molar-refractivity contribution in [2.45, 2.75) is 19.9 Å². The molecular formula is C18H20ClNO. The Kier molecular flexibility index (Phi) is 5.16. The van der Waals surface area contributed by atoms with Crippen molar-refractivity contribution in [1.29, 1.82) is 0 Å².